The van der Waals surface area contributed by atoms with Crippen LogP contribution >= 0.6 is 0 Å². The molecular formula is C13H19NO2. The Morgan fingerprint density at radius 1 is 1.31 bits per heavy atom. The van der Waals surface area contributed by atoms with E-state index in [0.717, 1.165) is 11.3 Å². The van der Waals surface area contributed by atoms with Crippen molar-refractivity contribution in [3.05, 3.63) is 29.8 Å². The van der Waals surface area contributed by atoms with Gasteiger partial charge in [0.05, 0.1) is 13.5 Å². The third-order valence-electron chi connectivity index (χ3n) is 2.68. The molecule has 0 heterocycles. The minimum Gasteiger partial charge on any atom is -0.497 e. The molecule has 0 aliphatic carbocycles. The first-order chi connectivity index (χ1) is 7.54. The number of methoxy groups -OCH3 is 1. The third kappa shape index (κ3) is 3.26. The van der Waals surface area contributed by atoms with E-state index in [-0.39, 0.29) is 11.9 Å². The fraction of sp³-hybridized carbons (Fsp3) is 0.462. The van der Waals surface area contributed by atoms with Gasteiger partial charge in [-0.2, -0.15) is 0 Å². The molecule has 1 amide bonds. The van der Waals surface area contributed by atoms with Gasteiger partial charge in [-0.3, -0.25) is 4.79 Å². The van der Waals surface area contributed by atoms with Crippen LogP contribution in [0.5, 0.6) is 5.75 Å². The second-order valence-electron chi connectivity index (χ2n) is 4.12. The van der Waals surface area contributed by atoms with E-state index in [1.54, 1.807) is 12.0 Å². The van der Waals surface area contributed by atoms with Gasteiger partial charge in [-0.15, -0.1) is 0 Å². The predicted molar refractivity (Wildman–Crippen MR) is 64.6 cm³/mol. The highest BCUT2D eigenvalue weighted by atomic mass is 16.5. The maximum atomic E-state index is 11.8. The quantitative estimate of drug-likeness (QED) is 0.779. The fourth-order valence-electron chi connectivity index (χ4n) is 1.33. The Hall–Kier alpha value is -1.51. The average Bonchev–Trinajstić information content (AvgIpc) is 2.28. The van der Waals surface area contributed by atoms with Crippen molar-refractivity contribution in [2.45, 2.75) is 26.3 Å². The lowest BCUT2D eigenvalue weighted by molar-refractivity contribution is -0.130. The summed E-state index contributed by atoms with van der Waals surface area (Å²) >= 11 is 0. The minimum atomic E-state index is 0.139. The summed E-state index contributed by atoms with van der Waals surface area (Å²) in [6.45, 7) is 4.01. The molecule has 88 valence electrons. The van der Waals surface area contributed by atoms with Gasteiger partial charge in [-0.1, -0.05) is 12.1 Å². The van der Waals surface area contributed by atoms with E-state index in [9.17, 15) is 4.79 Å². The van der Waals surface area contributed by atoms with Gasteiger partial charge in [0.1, 0.15) is 5.75 Å². The van der Waals surface area contributed by atoms with Crippen molar-refractivity contribution in [1.29, 1.82) is 0 Å². The van der Waals surface area contributed by atoms with Crippen molar-refractivity contribution in [3.8, 4) is 5.75 Å². The SMILES string of the molecule is COc1ccc(CC(=O)N(C)C(C)C)cc1. The van der Waals surface area contributed by atoms with Crippen LogP contribution < -0.4 is 4.74 Å². The zero-order valence-corrected chi connectivity index (χ0v) is 10.4. The number of carbonyl (C=O) groups is 1. The number of rotatable bonds is 4. The normalized spacial score (nSPS) is 10.3. The van der Waals surface area contributed by atoms with E-state index in [2.05, 4.69) is 0 Å². The second kappa shape index (κ2) is 5.54. The first-order valence-corrected chi connectivity index (χ1v) is 5.43. The van der Waals surface area contributed by atoms with Crippen LogP contribution in [0.25, 0.3) is 0 Å². The number of benzene rings is 1. The molecule has 0 aliphatic rings. The molecule has 0 N–H and O–H groups in total. The molecule has 0 atom stereocenters. The van der Waals surface area contributed by atoms with Crippen molar-refractivity contribution in [3.63, 3.8) is 0 Å². The monoisotopic (exact) mass is 221 g/mol. The van der Waals surface area contributed by atoms with Gasteiger partial charge in [0, 0.05) is 13.1 Å². The van der Waals surface area contributed by atoms with Crippen LogP contribution in [0.15, 0.2) is 24.3 Å². The van der Waals surface area contributed by atoms with Gasteiger partial charge >= 0.3 is 0 Å². The average molecular weight is 221 g/mol. The molecule has 0 spiro atoms. The topological polar surface area (TPSA) is 29.5 Å². The maximum Gasteiger partial charge on any atom is 0.226 e. The van der Waals surface area contributed by atoms with E-state index in [4.69, 9.17) is 4.74 Å². The third-order valence-corrected chi connectivity index (χ3v) is 2.68. The van der Waals surface area contributed by atoms with E-state index in [1.807, 2.05) is 45.2 Å². The lowest BCUT2D eigenvalue weighted by Gasteiger charge is -2.21. The van der Waals surface area contributed by atoms with Crippen molar-refractivity contribution in [1.82, 2.24) is 4.90 Å². The van der Waals surface area contributed by atoms with E-state index in [1.165, 1.54) is 0 Å². The van der Waals surface area contributed by atoms with E-state index < -0.39 is 0 Å². The van der Waals surface area contributed by atoms with Crippen LogP contribution in [0.2, 0.25) is 0 Å². The van der Waals surface area contributed by atoms with Crippen molar-refractivity contribution in [2.75, 3.05) is 14.2 Å². The summed E-state index contributed by atoms with van der Waals surface area (Å²) < 4.78 is 5.06. The fourth-order valence-corrected chi connectivity index (χ4v) is 1.33. The first kappa shape index (κ1) is 12.6. The number of hydrogen-bond acceptors (Lipinski definition) is 2. The molecule has 0 aliphatic heterocycles. The molecule has 1 aromatic carbocycles. The Labute approximate surface area is 97.0 Å². The summed E-state index contributed by atoms with van der Waals surface area (Å²) in [5.74, 6) is 0.952. The molecule has 3 nitrogen and oxygen atoms in total. The van der Waals surface area contributed by atoms with E-state index in [0.29, 0.717) is 6.42 Å². The van der Waals surface area contributed by atoms with Gasteiger partial charge in [0.15, 0.2) is 0 Å². The smallest absolute Gasteiger partial charge is 0.226 e. The van der Waals surface area contributed by atoms with Crippen LogP contribution in [0.1, 0.15) is 19.4 Å². The van der Waals surface area contributed by atoms with Gasteiger partial charge in [0.2, 0.25) is 5.91 Å². The van der Waals surface area contributed by atoms with Gasteiger partial charge in [0.25, 0.3) is 0 Å². The zero-order valence-electron chi connectivity index (χ0n) is 10.4. The van der Waals surface area contributed by atoms with Crippen LogP contribution in [0, 0.1) is 0 Å². The van der Waals surface area contributed by atoms with Gasteiger partial charge in [-0.25, -0.2) is 0 Å². The highest BCUT2D eigenvalue weighted by molar-refractivity contribution is 5.78. The molecule has 0 unspecified atom stereocenters. The molecule has 0 radical (unpaired) electrons. The van der Waals surface area contributed by atoms with Gasteiger partial charge in [-0.05, 0) is 31.5 Å². The lowest BCUT2D eigenvalue weighted by atomic mass is 10.1. The molecule has 0 fully saturated rings. The number of carbonyl (C=O) groups excluding carboxylic acids is 1. The molecule has 16 heavy (non-hydrogen) atoms. The Bertz CT molecular complexity index is 343. The molecule has 0 bridgehead atoms. The van der Waals surface area contributed by atoms with Crippen molar-refractivity contribution < 1.29 is 9.53 Å². The van der Waals surface area contributed by atoms with Crippen LogP contribution in [0.3, 0.4) is 0 Å². The Balaban J connectivity index is 2.62. The molecule has 0 aromatic heterocycles. The molecule has 0 saturated carbocycles. The summed E-state index contributed by atoms with van der Waals surface area (Å²) in [6, 6.07) is 7.83. The standard InChI is InChI=1S/C13H19NO2/c1-10(2)14(3)13(15)9-11-5-7-12(16-4)8-6-11/h5-8,10H,9H2,1-4H3. The summed E-state index contributed by atoms with van der Waals surface area (Å²) in [5, 5.41) is 0. The summed E-state index contributed by atoms with van der Waals surface area (Å²) in [5.41, 5.74) is 1.01. The molecule has 0 saturated heterocycles. The Kier molecular flexibility index (Phi) is 4.35. The molecule has 1 rings (SSSR count). The number of ether oxygens (including phenoxy) is 1. The summed E-state index contributed by atoms with van der Waals surface area (Å²) in [6.07, 6.45) is 0.443. The summed E-state index contributed by atoms with van der Waals surface area (Å²) in [4.78, 5) is 13.6. The molecule has 1 aromatic rings. The largest absolute Gasteiger partial charge is 0.497 e. The number of nitrogens with zero attached hydrogens (tertiary/aromatic N) is 1. The van der Waals surface area contributed by atoms with Gasteiger partial charge < -0.3 is 9.64 Å². The summed E-state index contributed by atoms with van der Waals surface area (Å²) in [7, 11) is 3.46. The number of hydrogen-bond donors (Lipinski definition) is 0. The molecular weight excluding hydrogens is 202 g/mol. The second-order valence-corrected chi connectivity index (χ2v) is 4.12. The van der Waals surface area contributed by atoms with Crippen molar-refractivity contribution >= 4 is 5.91 Å². The number of likely N-dealkylation sites (N-methyl/N-ethyl adjacent to an activating group) is 1. The predicted octanol–water partition coefficient (Wildman–Crippen LogP) is 2.10. The highest BCUT2D eigenvalue weighted by Gasteiger charge is 2.12. The maximum absolute atomic E-state index is 11.8. The number of amides is 1. The Morgan fingerprint density at radius 2 is 1.88 bits per heavy atom. The van der Waals surface area contributed by atoms with E-state index >= 15 is 0 Å². The first-order valence-electron chi connectivity index (χ1n) is 5.43. The van der Waals surface area contributed by atoms with Crippen LogP contribution in [0.4, 0.5) is 0 Å². The zero-order chi connectivity index (χ0) is 12.1. The van der Waals surface area contributed by atoms with Crippen LogP contribution in [-0.2, 0) is 11.2 Å². The van der Waals surface area contributed by atoms with Crippen LogP contribution in [-0.4, -0.2) is 31.0 Å². The lowest BCUT2D eigenvalue weighted by Crippen LogP contribution is -2.34. The Morgan fingerprint density at radius 3 is 2.31 bits per heavy atom. The highest BCUT2D eigenvalue weighted by Crippen LogP contribution is 2.12. The van der Waals surface area contributed by atoms with Crippen molar-refractivity contribution in [2.24, 2.45) is 0 Å². The minimum absolute atomic E-state index is 0.139. The molecule has 3 heteroatoms.